The van der Waals surface area contributed by atoms with Crippen molar-refractivity contribution >= 4 is 38.6 Å². The molecule has 0 aliphatic heterocycles. The Morgan fingerprint density at radius 2 is 2.06 bits per heavy atom. The summed E-state index contributed by atoms with van der Waals surface area (Å²) in [5.41, 5.74) is 0.864. The molecule has 3 rings (SSSR count). The first-order valence-corrected chi connectivity index (χ1v) is 7.19. The smallest absolute Gasteiger partial charge is 0.224 e. The summed E-state index contributed by atoms with van der Waals surface area (Å²) < 4.78 is 3.14. The van der Waals surface area contributed by atoms with E-state index in [-0.39, 0.29) is 11.4 Å². The second-order valence-electron chi connectivity index (χ2n) is 4.72. The van der Waals surface area contributed by atoms with E-state index in [9.17, 15) is 5.11 Å². The number of halogens is 2. The zero-order valence-corrected chi connectivity index (χ0v) is 12.0. The Morgan fingerprint density at radius 1 is 1.33 bits per heavy atom. The Kier molecular flexibility index (Phi) is 3.30. The van der Waals surface area contributed by atoms with Gasteiger partial charge in [-0.1, -0.05) is 0 Å². The van der Waals surface area contributed by atoms with E-state index >= 15 is 0 Å². The molecule has 1 aliphatic carbocycles. The number of aromatic nitrogens is 3. The molecule has 0 bridgehead atoms. The van der Waals surface area contributed by atoms with Crippen LogP contribution >= 0.6 is 27.5 Å². The fourth-order valence-electron chi connectivity index (χ4n) is 2.58. The summed E-state index contributed by atoms with van der Waals surface area (Å²) in [6.45, 7) is 0. The van der Waals surface area contributed by atoms with Gasteiger partial charge in [-0.05, 0) is 53.2 Å². The molecule has 2 heterocycles. The first-order chi connectivity index (χ1) is 8.65. The highest BCUT2D eigenvalue weighted by Gasteiger charge is 2.23. The van der Waals surface area contributed by atoms with Crippen LogP contribution in [0.5, 0.6) is 0 Å². The number of hydrogen-bond donors (Lipinski definition) is 1. The molecule has 1 N–H and O–H groups in total. The summed E-state index contributed by atoms with van der Waals surface area (Å²) in [6, 6.07) is 0.383. The second-order valence-corrected chi connectivity index (χ2v) is 5.92. The molecule has 0 radical (unpaired) electrons. The van der Waals surface area contributed by atoms with Crippen molar-refractivity contribution in [1.82, 2.24) is 14.5 Å². The van der Waals surface area contributed by atoms with E-state index in [4.69, 9.17) is 11.6 Å². The number of hydrogen-bond acceptors (Lipinski definition) is 3. The van der Waals surface area contributed by atoms with Crippen LogP contribution in [0.25, 0.3) is 11.0 Å². The predicted octanol–water partition coefficient (Wildman–Crippen LogP) is 3.32. The highest BCUT2D eigenvalue weighted by atomic mass is 79.9. The topological polar surface area (TPSA) is 50.9 Å². The van der Waals surface area contributed by atoms with Crippen LogP contribution in [-0.2, 0) is 0 Å². The molecule has 0 aromatic carbocycles. The van der Waals surface area contributed by atoms with Crippen molar-refractivity contribution in [3.8, 4) is 0 Å². The van der Waals surface area contributed by atoms with Crippen LogP contribution in [0.15, 0.2) is 16.9 Å². The number of aliphatic hydroxyl groups excluding tert-OH is 1. The lowest BCUT2D eigenvalue weighted by atomic mass is 9.93. The molecular formula is C12H13BrClN3O. The monoisotopic (exact) mass is 329 g/mol. The average Bonchev–Trinajstić information content (AvgIpc) is 2.67. The number of rotatable bonds is 1. The zero-order valence-electron chi connectivity index (χ0n) is 9.68. The largest absolute Gasteiger partial charge is 0.393 e. The third kappa shape index (κ3) is 2.15. The van der Waals surface area contributed by atoms with Crippen LogP contribution in [-0.4, -0.2) is 25.7 Å². The van der Waals surface area contributed by atoms with Crippen LogP contribution in [0.4, 0.5) is 0 Å². The fourth-order valence-corrected chi connectivity index (χ4v) is 3.21. The maximum atomic E-state index is 9.57. The first-order valence-electron chi connectivity index (χ1n) is 6.02. The van der Waals surface area contributed by atoms with Gasteiger partial charge in [0.05, 0.1) is 11.5 Å². The molecule has 0 atom stereocenters. The minimum Gasteiger partial charge on any atom is -0.393 e. The zero-order chi connectivity index (χ0) is 12.7. The highest BCUT2D eigenvalue weighted by Crippen LogP contribution is 2.34. The summed E-state index contributed by atoms with van der Waals surface area (Å²) in [6.07, 6.45) is 7.27. The number of nitrogens with zero attached hydrogens (tertiary/aromatic N) is 3. The lowest BCUT2D eigenvalue weighted by Gasteiger charge is -2.26. The van der Waals surface area contributed by atoms with E-state index in [1.807, 2.05) is 6.20 Å². The van der Waals surface area contributed by atoms with Gasteiger partial charge in [0.15, 0.2) is 0 Å². The van der Waals surface area contributed by atoms with Gasteiger partial charge in [-0.25, -0.2) is 4.98 Å². The normalized spacial score (nSPS) is 24.6. The summed E-state index contributed by atoms with van der Waals surface area (Å²) >= 11 is 9.40. The predicted molar refractivity (Wildman–Crippen MR) is 73.7 cm³/mol. The molecule has 4 nitrogen and oxygen atoms in total. The van der Waals surface area contributed by atoms with Crippen LogP contribution < -0.4 is 0 Å². The SMILES string of the molecule is OC1CCC(n2cc(Br)c3cnc(Cl)nc32)CC1. The van der Waals surface area contributed by atoms with Gasteiger partial charge >= 0.3 is 0 Å². The quantitative estimate of drug-likeness (QED) is 0.816. The molecule has 1 aliphatic rings. The molecule has 2 aromatic rings. The van der Waals surface area contributed by atoms with Crippen molar-refractivity contribution in [3.05, 3.63) is 22.1 Å². The molecular weight excluding hydrogens is 318 g/mol. The Labute approximate surface area is 118 Å². The molecule has 0 unspecified atom stereocenters. The molecule has 0 spiro atoms. The van der Waals surface area contributed by atoms with E-state index in [2.05, 4.69) is 30.5 Å². The van der Waals surface area contributed by atoms with Gasteiger partial charge in [0.25, 0.3) is 0 Å². The molecule has 2 aromatic heterocycles. The first kappa shape index (κ1) is 12.4. The van der Waals surface area contributed by atoms with Crippen LogP contribution in [0.2, 0.25) is 5.28 Å². The average molecular weight is 331 g/mol. The van der Waals surface area contributed by atoms with Gasteiger partial charge in [0, 0.05) is 22.9 Å². The van der Waals surface area contributed by atoms with E-state index < -0.39 is 0 Å². The summed E-state index contributed by atoms with van der Waals surface area (Å²) in [5.74, 6) is 0. The number of fused-ring (bicyclic) bond motifs is 1. The molecule has 1 saturated carbocycles. The van der Waals surface area contributed by atoms with Crippen molar-refractivity contribution in [2.24, 2.45) is 0 Å². The van der Waals surface area contributed by atoms with Gasteiger partial charge in [-0.3, -0.25) is 0 Å². The van der Waals surface area contributed by atoms with Gasteiger partial charge in [-0.2, -0.15) is 4.98 Å². The maximum absolute atomic E-state index is 9.57. The second kappa shape index (κ2) is 4.79. The fraction of sp³-hybridized carbons (Fsp3) is 0.500. The third-order valence-corrected chi connectivity index (χ3v) is 4.37. The number of aliphatic hydroxyl groups is 1. The molecule has 0 amide bonds. The Balaban J connectivity index is 2.03. The molecule has 1 fully saturated rings. The highest BCUT2D eigenvalue weighted by molar-refractivity contribution is 9.10. The Bertz CT molecular complexity index is 578. The Hall–Kier alpha value is -0.650. The van der Waals surface area contributed by atoms with E-state index in [0.29, 0.717) is 6.04 Å². The molecule has 6 heteroatoms. The lowest BCUT2D eigenvalue weighted by molar-refractivity contribution is 0.111. The van der Waals surface area contributed by atoms with Crippen molar-refractivity contribution in [3.63, 3.8) is 0 Å². The van der Waals surface area contributed by atoms with Gasteiger partial charge in [0.2, 0.25) is 5.28 Å². The molecule has 18 heavy (non-hydrogen) atoms. The summed E-state index contributed by atoms with van der Waals surface area (Å²) in [5, 5.41) is 10.8. The standard InChI is InChI=1S/C12H13BrClN3O/c13-10-6-17(7-1-3-8(18)4-2-7)11-9(10)5-15-12(14)16-11/h5-8,18H,1-4H2. The minimum atomic E-state index is -0.148. The summed E-state index contributed by atoms with van der Waals surface area (Å²) in [4.78, 5) is 8.33. The van der Waals surface area contributed by atoms with Crippen molar-refractivity contribution < 1.29 is 5.11 Å². The van der Waals surface area contributed by atoms with E-state index in [1.165, 1.54) is 0 Å². The lowest BCUT2D eigenvalue weighted by Crippen LogP contribution is -2.20. The van der Waals surface area contributed by atoms with Crippen LogP contribution in [0.3, 0.4) is 0 Å². The van der Waals surface area contributed by atoms with Crippen LogP contribution in [0, 0.1) is 0 Å². The maximum Gasteiger partial charge on any atom is 0.224 e. The van der Waals surface area contributed by atoms with Gasteiger partial charge < -0.3 is 9.67 Å². The summed E-state index contributed by atoms with van der Waals surface area (Å²) in [7, 11) is 0. The van der Waals surface area contributed by atoms with Crippen molar-refractivity contribution in [1.29, 1.82) is 0 Å². The minimum absolute atomic E-state index is 0.148. The van der Waals surface area contributed by atoms with Gasteiger partial charge in [0.1, 0.15) is 5.65 Å². The van der Waals surface area contributed by atoms with Crippen LogP contribution in [0.1, 0.15) is 31.7 Å². The van der Waals surface area contributed by atoms with Gasteiger partial charge in [-0.15, -0.1) is 0 Å². The van der Waals surface area contributed by atoms with E-state index in [1.54, 1.807) is 6.20 Å². The van der Waals surface area contributed by atoms with Crippen molar-refractivity contribution in [2.75, 3.05) is 0 Å². The molecule has 0 saturated heterocycles. The van der Waals surface area contributed by atoms with Crippen molar-refractivity contribution in [2.45, 2.75) is 37.8 Å². The Morgan fingerprint density at radius 3 is 2.78 bits per heavy atom. The van der Waals surface area contributed by atoms with E-state index in [0.717, 1.165) is 41.2 Å². The third-order valence-electron chi connectivity index (χ3n) is 3.55. The molecule has 96 valence electrons.